The van der Waals surface area contributed by atoms with Gasteiger partial charge < -0.3 is 14.6 Å². The first-order valence-electron chi connectivity index (χ1n) is 8.83. The lowest BCUT2D eigenvalue weighted by atomic mass is 10.1. The monoisotopic (exact) mass is 441 g/mol. The van der Waals surface area contributed by atoms with E-state index >= 15 is 0 Å². The van der Waals surface area contributed by atoms with Gasteiger partial charge in [-0.05, 0) is 36.8 Å². The fourth-order valence-electron chi connectivity index (χ4n) is 2.50. The molecule has 1 aromatic heterocycles. The van der Waals surface area contributed by atoms with E-state index in [0.717, 1.165) is 16.1 Å². The molecule has 2 aromatic rings. The summed E-state index contributed by atoms with van der Waals surface area (Å²) in [7, 11) is -2.23. The zero-order valence-corrected chi connectivity index (χ0v) is 18.0. The molecule has 0 aliphatic carbocycles. The molecule has 0 fully saturated rings. The van der Waals surface area contributed by atoms with E-state index in [1.165, 1.54) is 18.2 Å². The normalized spacial score (nSPS) is 12.6. The third-order valence-corrected chi connectivity index (χ3v) is 5.89. The molecule has 0 saturated carbocycles. The van der Waals surface area contributed by atoms with Gasteiger partial charge in [0.25, 0.3) is 0 Å². The Kier molecular flexibility index (Phi) is 7.83. The summed E-state index contributed by atoms with van der Waals surface area (Å²) in [6.07, 6.45) is 2.52. The van der Waals surface area contributed by atoms with Gasteiger partial charge in [0.15, 0.2) is 0 Å². The van der Waals surface area contributed by atoms with Crippen LogP contribution in [0.15, 0.2) is 47.1 Å². The van der Waals surface area contributed by atoms with E-state index in [1.807, 2.05) is 0 Å². The van der Waals surface area contributed by atoms with Crippen LogP contribution in [0.2, 0.25) is 5.02 Å². The van der Waals surface area contributed by atoms with Crippen LogP contribution in [0.5, 0.6) is 0 Å². The van der Waals surface area contributed by atoms with Crippen LogP contribution in [0, 0.1) is 0 Å². The minimum atomic E-state index is -3.54. The molecule has 2 amide bonds. The molecule has 1 heterocycles. The van der Waals surface area contributed by atoms with Crippen LogP contribution >= 0.6 is 11.6 Å². The summed E-state index contributed by atoms with van der Waals surface area (Å²) in [6.45, 7) is 1.53. The number of likely N-dealkylation sites (N-methyl/N-ethyl adjacent to an activating group) is 1. The molecule has 1 aromatic carbocycles. The van der Waals surface area contributed by atoms with Crippen LogP contribution in [0.1, 0.15) is 18.2 Å². The summed E-state index contributed by atoms with van der Waals surface area (Å²) < 4.78 is 29.5. The van der Waals surface area contributed by atoms with Crippen LogP contribution < -0.4 is 5.32 Å². The maximum Gasteiger partial charge on any atom is 0.242 e. The van der Waals surface area contributed by atoms with Crippen molar-refractivity contribution in [3.63, 3.8) is 0 Å². The number of furan rings is 1. The summed E-state index contributed by atoms with van der Waals surface area (Å²) in [6, 6.07) is 9.46. The standard InChI is InChI=1S/C19H24ClN3O5S/c1-14(19(25)21-11-17-5-4-10-28-17)23(12-15-6-8-16(20)9-7-15)18(24)13-22(2)29(3,26)27/h4-10,14H,11-13H2,1-3H3,(H,21,25)/t14-/m1/s1. The molecule has 0 spiro atoms. The Morgan fingerprint density at radius 2 is 1.86 bits per heavy atom. The molecule has 0 unspecified atom stereocenters. The number of sulfonamides is 1. The molecular formula is C19H24ClN3O5S. The van der Waals surface area contributed by atoms with Gasteiger partial charge in [0.05, 0.1) is 25.6 Å². The van der Waals surface area contributed by atoms with Crippen molar-refractivity contribution in [2.75, 3.05) is 19.8 Å². The number of benzene rings is 1. The second-order valence-corrected chi connectivity index (χ2v) is 9.17. The van der Waals surface area contributed by atoms with Crippen LogP contribution in [0.4, 0.5) is 0 Å². The summed E-state index contributed by atoms with van der Waals surface area (Å²) in [5.74, 6) is -0.294. The molecule has 1 atom stereocenters. The number of hydrogen-bond donors (Lipinski definition) is 1. The van der Waals surface area contributed by atoms with Crippen molar-refractivity contribution >= 4 is 33.4 Å². The second kappa shape index (κ2) is 9.91. The van der Waals surface area contributed by atoms with E-state index in [4.69, 9.17) is 16.0 Å². The number of amides is 2. The van der Waals surface area contributed by atoms with Crippen LogP contribution in [0.25, 0.3) is 0 Å². The van der Waals surface area contributed by atoms with Gasteiger partial charge in [0.1, 0.15) is 11.8 Å². The Labute approximate surface area is 175 Å². The second-order valence-electron chi connectivity index (χ2n) is 6.64. The predicted octanol–water partition coefficient (Wildman–Crippen LogP) is 1.86. The Morgan fingerprint density at radius 3 is 2.41 bits per heavy atom. The molecule has 0 saturated heterocycles. The molecule has 0 aliphatic heterocycles. The van der Waals surface area contributed by atoms with Crippen molar-refractivity contribution in [2.24, 2.45) is 0 Å². The van der Waals surface area contributed by atoms with Crippen molar-refractivity contribution in [1.82, 2.24) is 14.5 Å². The lowest BCUT2D eigenvalue weighted by Crippen LogP contribution is -2.50. The van der Waals surface area contributed by atoms with E-state index in [9.17, 15) is 18.0 Å². The first-order chi connectivity index (χ1) is 13.6. The lowest BCUT2D eigenvalue weighted by molar-refractivity contribution is -0.140. The van der Waals surface area contributed by atoms with Gasteiger partial charge in [-0.3, -0.25) is 9.59 Å². The molecule has 0 radical (unpaired) electrons. The number of nitrogens with one attached hydrogen (secondary N) is 1. The molecule has 0 bridgehead atoms. The minimum absolute atomic E-state index is 0.128. The molecule has 0 aliphatic rings. The van der Waals surface area contributed by atoms with Gasteiger partial charge in [0.2, 0.25) is 21.8 Å². The highest BCUT2D eigenvalue weighted by Gasteiger charge is 2.28. The quantitative estimate of drug-likeness (QED) is 0.640. The molecule has 8 nitrogen and oxygen atoms in total. The smallest absolute Gasteiger partial charge is 0.242 e. The van der Waals surface area contributed by atoms with Gasteiger partial charge in [-0.15, -0.1) is 0 Å². The summed E-state index contributed by atoms with van der Waals surface area (Å²) >= 11 is 5.91. The average molecular weight is 442 g/mol. The topological polar surface area (TPSA) is 99.9 Å². The maximum atomic E-state index is 12.8. The van der Waals surface area contributed by atoms with Crippen molar-refractivity contribution in [1.29, 1.82) is 0 Å². The third kappa shape index (κ3) is 6.88. The highest BCUT2D eigenvalue weighted by Crippen LogP contribution is 2.14. The Morgan fingerprint density at radius 1 is 1.21 bits per heavy atom. The first kappa shape index (κ1) is 22.9. The highest BCUT2D eigenvalue weighted by atomic mass is 35.5. The van der Waals surface area contributed by atoms with E-state index in [0.29, 0.717) is 10.8 Å². The van der Waals surface area contributed by atoms with Crippen LogP contribution in [-0.4, -0.2) is 55.3 Å². The Hall–Kier alpha value is -2.36. The zero-order valence-electron chi connectivity index (χ0n) is 16.5. The summed E-state index contributed by atoms with van der Waals surface area (Å²) in [5.41, 5.74) is 0.760. The number of carbonyl (C=O) groups excluding carboxylic acids is 2. The lowest BCUT2D eigenvalue weighted by Gasteiger charge is -2.30. The summed E-state index contributed by atoms with van der Waals surface area (Å²) in [4.78, 5) is 26.8. The third-order valence-electron chi connectivity index (χ3n) is 4.37. The van der Waals surface area contributed by atoms with Gasteiger partial charge in [0, 0.05) is 18.6 Å². The fourth-order valence-corrected chi connectivity index (χ4v) is 2.97. The van der Waals surface area contributed by atoms with Crippen LogP contribution in [0.3, 0.4) is 0 Å². The molecule has 158 valence electrons. The number of carbonyl (C=O) groups is 2. The molecule has 29 heavy (non-hydrogen) atoms. The number of nitrogens with zero attached hydrogens (tertiary/aromatic N) is 2. The zero-order chi connectivity index (χ0) is 21.6. The minimum Gasteiger partial charge on any atom is -0.467 e. The Bertz CT molecular complexity index is 929. The largest absolute Gasteiger partial charge is 0.467 e. The first-order valence-corrected chi connectivity index (χ1v) is 11.1. The van der Waals surface area contributed by atoms with E-state index < -0.39 is 22.0 Å². The van der Waals surface area contributed by atoms with Gasteiger partial charge in [-0.25, -0.2) is 8.42 Å². The highest BCUT2D eigenvalue weighted by molar-refractivity contribution is 7.88. The molecule has 10 heteroatoms. The molecule has 1 N–H and O–H groups in total. The summed E-state index contributed by atoms with van der Waals surface area (Å²) in [5, 5.41) is 3.27. The SMILES string of the molecule is C[C@H](C(=O)NCc1ccco1)N(Cc1ccc(Cl)cc1)C(=O)CN(C)S(C)(=O)=O. The number of hydrogen-bond acceptors (Lipinski definition) is 5. The molecular weight excluding hydrogens is 418 g/mol. The van der Waals surface area contributed by atoms with Crippen molar-refractivity contribution < 1.29 is 22.4 Å². The van der Waals surface area contributed by atoms with E-state index in [-0.39, 0.29) is 25.5 Å². The van der Waals surface area contributed by atoms with Crippen molar-refractivity contribution in [3.05, 3.63) is 59.0 Å². The molecule has 2 rings (SSSR count). The Balaban J connectivity index is 2.16. The van der Waals surface area contributed by atoms with Crippen molar-refractivity contribution in [3.8, 4) is 0 Å². The number of halogens is 1. The average Bonchev–Trinajstić information content (AvgIpc) is 3.17. The van der Waals surface area contributed by atoms with Gasteiger partial charge >= 0.3 is 0 Å². The fraction of sp³-hybridized carbons (Fsp3) is 0.368. The number of rotatable bonds is 9. The van der Waals surface area contributed by atoms with Gasteiger partial charge in [-0.1, -0.05) is 23.7 Å². The van der Waals surface area contributed by atoms with Crippen molar-refractivity contribution in [2.45, 2.75) is 26.1 Å². The van der Waals surface area contributed by atoms with E-state index in [2.05, 4.69) is 5.32 Å². The van der Waals surface area contributed by atoms with Crippen LogP contribution in [-0.2, 0) is 32.7 Å². The maximum absolute atomic E-state index is 12.8. The van der Waals surface area contributed by atoms with E-state index in [1.54, 1.807) is 43.3 Å². The predicted molar refractivity (Wildman–Crippen MR) is 109 cm³/mol. The van der Waals surface area contributed by atoms with Gasteiger partial charge in [-0.2, -0.15) is 4.31 Å².